The Labute approximate surface area is 167 Å². The molecule has 1 aliphatic rings. The van der Waals surface area contributed by atoms with Gasteiger partial charge in [-0.3, -0.25) is 4.79 Å². The van der Waals surface area contributed by atoms with Crippen molar-refractivity contribution in [2.75, 3.05) is 25.5 Å². The van der Waals surface area contributed by atoms with Gasteiger partial charge in [-0.05, 0) is 73.1 Å². The number of anilines is 1. The number of hydrogen-bond acceptors (Lipinski definition) is 2. The van der Waals surface area contributed by atoms with Crippen molar-refractivity contribution < 1.29 is 4.79 Å². The molecule has 4 rings (SSSR count). The second-order valence-corrected chi connectivity index (χ2v) is 7.90. The van der Waals surface area contributed by atoms with Crippen LogP contribution in [0.1, 0.15) is 35.2 Å². The monoisotopic (exact) mass is 375 g/mol. The molecule has 2 heterocycles. The highest BCUT2D eigenvalue weighted by Gasteiger charge is 2.20. The average Bonchev–Trinajstić information content (AvgIpc) is 3.03. The van der Waals surface area contributed by atoms with E-state index in [1.807, 2.05) is 26.2 Å². The van der Waals surface area contributed by atoms with Gasteiger partial charge in [0.1, 0.15) is 0 Å². The number of nitrogens with zero attached hydrogens (tertiary/aromatic N) is 2. The molecule has 0 unspecified atom stereocenters. The zero-order valence-corrected chi connectivity index (χ0v) is 16.9. The van der Waals surface area contributed by atoms with Gasteiger partial charge in [0.2, 0.25) is 5.91 Å². The highest BCUT2D eigenvalue weighted by molar-refractivity contribution is 5.78. The molecule has 0 radical (unpaired) electrons. The molecule has 4 heteroatoms. The summed E-state index contributed by atoms with van der Waals surface area (Å²) in [6.45, 7) is 0.690. The van der Waals surface area contributed by atoms with Crippen LogP contribution in [0, 0.1) is 0 Å². The molecule has 0 atom stereocenters. The first-order chi connectivity index (χ1) is 13.6. The van der Waals surface area contributed by atoms with E-state index < -0.39 is 0 Å². The summed E-state index contributed by atoms with van der Waals surface area (Å²) < 4.78 is 2.36. The van der Waals surface area contributed by atoms with Crippen molar-refractivity contribution in [2.45, 2.75) is 38.5 Å². The smallest absolute Gasteiger partial charge is 0.224 e. The summed E-state index contributed by atoms with van der Waals surface area (Å²) in [6.07, 6.45) is 8.38. The largest absolute Gasteiger partial charge is 0.378 e. The standard InChI is InChI=1S/C24H29N3O/c1-26(2)19-12-10-18(11-13-19)17-24(28)25-15-14-21-20-7-3-4-8-22(20)27-16-6-5-9-23(21)27/h5-6,9-13,16H,3-4,7-8,14-15,17H2,1-2H3,(H,25,28). The van der Waals surface area contributed by atoms with Gasteiger partial charge in [-0.15, -0.1) is 0 Å². The minimum absolute atomic E-state index is 0.0926. The van der Waals surface area contributed by atoms with Crippen LogP contribution in [-0.4, -0.2) is 30.9 Å². The highest BCUT2D eigenvalue weighted by Crippen LogP contribution is 2.30. The van der Waals surface area contributed by atoms with Crippen molar-refractivity contribution >= 4 is 17.1 Å². The SMILES string of the molecule is CN(C)c1ccc(CC(=O)NCCc2c3c(n4ccccc24)CCCC3)cc1. The second-order valence-electron chi connectivity index (χ2n) is 7.90. The Bertz CT molecular complexity index is 969. The van der Waals surface area contributed by atoms with E-state index in [9.17, 15) is 4.79 Å². The van der Waals surface area contributed by atoms with E-state index in [-0.39, 0.29) is 5.91 Å². The number of aryl methyl sites for hydroxylation is 1. The lowest BCUT2D eigenvalue weighted by molar-refractivity contribution is -0.120. The Morgan fingerprint density at radius 2 is 1.86 bits per heavy atom. The van der Waals surface area contributed by atoms with Gasteiger partial charge in [-0.1, -0.05) is 18.2 Å². The fourth-order valence-corrected chi connectivity index (χ4v) is 4.33. The lowest BCUT2D eigenvalue weighted by Gasteiger charge is -2.14. The number of benzene rings is 1. The van der Waals surface area contributed by atoms with Crippen LogP contribution in [0.2, 0.25) is 0 Å². The van der Waals surface area contributed by atoms with E-state index >= 15 is 0 Å². The third kappa shape index (κ3) is 3.77. The molecule has 2 aromatic heterocycles. The summed E-state index contributed by atoms with van der Waals surface area (Å²) in [4.78, 5) is 14.4. The zero-order chi connectivity index (χ0) is 19.5. The van der Waals surface area contributed by atoms with E-state index in [1.54, 1.807) is 0 Å². The summed E-state index contributed by atoms with van der Waals surface area (Å²) in [7, 11) is 4.04. The number of pyridine rings is 1. The van der Waals surface area contributed by atoms with Crippen molar-refractivity contribution in [3.05, 3.63) is 71.0 Å². The predicted octanol–water partition coefficient (Wildman–Crippen LogP) is 3.79. The lowest BCUT2D eigenvalue weighted by Crippen LogP contribution is -2.27. The molecule has 0 saturated carbocycles. The molecule has 4 nitrogen and oxygen atoms in total. The zero-order valence-electron chi connectivity index (χ0n) is 16.9. The molecule has 1 aliphatic carbocycles. The number of nitrogens with one attached hydrogen (secondary N) is 1. The van der Waals surface area contributed by atoms with Gasteiger partial charge in [-0.25, -0.2) is 0 Å². The van der Waals surface area contributed by atoms with Crippen LogP contribution in [0.5, 0.6) is 0 Å². The van der Waals surface area contributed by atoms with Gasteiger partial charge in [0.15, 0.2) is 0 Å². The summed E-state index contributed by atoms with van der Waals surface area (Å²) in [5.74, 6) is 0.0926. The molecule has 1 N–H and O–H groups in total. The van der Waals surface area contributed by atoms with Crippen molar-refractivity contribution in [1.29, 1.82) is 0 Å². The van der Waals surface area contributed by atoms with E-state index in [4.69, 9.17) is 0 Å². The number of rotatable bonds is 6. The maximum atomic E-state index is 12.4. The minimum Gasteiger partial charge on any atom is -0.378 e. The summed E-state index contributed by atoms with van der Waals surface area (Å²) in [5, 5.41) is 3.12. The molecular weight excluding hydrogens is 346 g/mol. The molecule has 1 aromatic carbocycles. The molecule has 0 spiro atoms. The average molecular weight is 376 g/mol. The number of hydrogen-bond donors (Lipinski definition) is 1. The van der Waals surface area contributed by atoms with Gasteiger partial charge >= 0.3 is 0 Å². The predicted molar refractivity (Wildman–Crippen MR) is 115 cm³/mol. The number of fused-ring (bicyclic) bond motifs is 3. The Morgan fingerprint density at radius 3 is 2.64 bits per heavy atom. The fourth-order valence-electron chi connectivity index (χ4n) is 4.33. The van der Waals surface area contributed by atoms with Crippen molar-refractivity contribution in [3.8, 4) is 0 Å². The molecule has 0 saturated heterocycles. The number of carbonyl (C=O) groups is 1. The Kier molecular flexibility index (Phi) is 5.38. The van der Waals surface area contributed by atoms with Gasteiger partial charge in [0, 0.05) is 43.7 Å². The molecule has 146 valence electrons. The minimum atomic E-state index is 0.0926. The fraction of sp³-hybridized carbons (Fsp3) is 0.375. The summed E-state index contributed by atoms with van der Waals surface area (Å²) in [6, 6.07) is 14.6. The molecular formula is C24H29N3O. The Hall–Kier alpha value is -2.75. The summed E-state index contributed by atoms with van der Waals surface area (Å²) in [5.41, 5.74) is 7.92. The molecule has 28 heavy (non-hydrogen) atoms. The van der Waals surface area contributed by atoms with Gasteiger partial charge in [0.25, 0.3) is 0 Å². The van der Waals surface area contributed by atoms with Crippen LogP contribution in [0.25, 0.3) is 5.52 Å². The topological polar surface area (TPSA) is 36.8 Å². The number of aromatic nitrogens is 1. The van der Waals surface area contributed by atoms with Crippen molar-refractivity contribution in [3.63, 3.8) is 0 Å². The first-order valence-corrected chi connectivity index (χ1v) is 10.3. The normalized spacial score (nSPS) is 13.4. The lowest BCUT2D eigenvalue weighted by atomic mass is 9.93. The van der Waals surface area contributed by atoms with E-state index in [1.165, 1.54) is 41.6 Å². The number of carbonyl (C=O) groups excluding carboxylic acids is 1. The summed E-state index contributed by atoms with van der Waals surface area (Å²) >= 11 is 0. The maximum Gasteiger partial charge on any atom is 0.224 e. The van der Waals surface area contributed by atoms with Crippen LogP contribution in [0.4, 0.5) is 5.69 Å². The van der Waals surface area contributed by atoms with Gasteiger partial charge < -0.3 is 14.6 Å². The van der Waals surface area contributed by atoms with E-state index in [0.29, 0.717) is 13.0 Å². The molecule has 1 amide bonds. The van der Waals surface area contributed by atoms with Crippen LogP contribution in [-0.2, 0) is 30.5 Å². The van der Waals surface area contributed by atoms with Crippen LogP contribution >= 0.6 is 0 Å². The Morgan fingerprint density at radius 1 is 1.07 bits per heavy atom. The van der Waals surface area contributed by atoms with Crippen molar-refractivity contribution in [1.82, 2.24) is 9.72 Å². The Balaban J connectivity index is 1.39. The van der Waals surface area contributed by atoms with Gasteiger partial charge in [0.05, 0.1) is 6.42 Å². The number of amides is 1. The van der Waals surface area contributed by atoms with Crippen LogP contribution in [0.3, 0.4) is 0 Å². The quantitative estimate of drug-likeness (QED) is 0.712. The first-order valence-electron chi connectivity index (χ1n) is 10.3. The third-order valence-electron chi connectivity index (χ3n) is 5.78. The van der Waals surface area contributed by atoms with E-state index in [0.717, 1.165) is 24.1 Å². The van der Waals surface area contributed by atoms with Crippen LogP contribution in [0.15, 0.2) is 48.7 Å². The second kappa shape index (κ2) is 8.09. The maximum absolute atomic E-state index is 12.4. The van der Waals surface area contributed by atoms with Crippen LogP contribution < -0.4 is 10.2 Å². The van der Waals surface area contributed by atoms with E-state index in [2.05, 4.69) is 51.1 Å². The third-order valence-corrected chi connectivity index (χ3v) is 5.78. The molecule has 0 fully saturated rings. The highest BCUT2D eigenvalue weighted by atomic mass is 16.1. The van der Waals surface area contributed by atoms with Gasteiger partial charge in [-0.2, -0.15) is 0 Å². The van der Waals surface area contributed by atoms with Crippen molar-refractivity contribution in [2.24, 2.45) is 0 Å². The molecule has 0 aliphatic heterocycles. The first kappa shape index (κ1) is 18.6. The molecule has 0 bridgehead atoms. The molecule has 3 aromatic rings.